The summed E-state index contributed by atoms with van der Waals surface area (Å²) < 4.78 is 5.14. The Balaban J connectivity index is 2.25. The van der Waals surface area contributed by atoms with E-state index in [1.54, 1.807) is 32.2 Å². The van der Waals surface area contributed by atoms with Crippen LogP contribution in [-0.4, -0.2) is 27.9 Å². The van der Waals surface area contributed by atoms with Crippen LogP contribution >= 0.6 is 0 Å². The van der Waals surface area contributed by atoms with E-state index in [9.17, 15) is 5.11 Å². The Kier molecular flexibility index (Phi) is 4.37. The third-order valence-corrected chi connectivity index (χ3v) is 2.90. The molecule has 2 rings (SSSR count). The second kappa shape index (κ2) is 6.21. The third-order valence-electron chi connectivity index (χ3n) is 2.90. The number of phenols is 1. The summed E-state index contributed by atoms with van der Waals surface area (Å²) in [6, 6.07) is 6.86. The van der Waals surface area contributed by atoms with E-state index in [4.69, 9.17) is 4.74 Å². The number of benzene rings is 1. The van der Waals surface area contributed by atoms with Gasteiger partial charge in [0, 0.05) is 17.0 Å². The molecular weight excluding hydrogens is 268 g/mol. The number of aromatic nitrogens is 2. The minimum Gasteiger partial charge on any atom is -0.507 e. The summed E-state index contributed by atoms with van der Waals surface area (Å²) in [6.45, 7) is 5.57. The van der Waals surface area contributed by atoms with E-state index in [0.717, 1.165) is 11.4 Å². The van der Waals surface area contributed by atoms with Gasteiger partial charge >= 0.3 is 0 Å². The largest absolute Gasteiger partial charge is 0.507 e. The number of ether oxygens (including phenoxy) is 1. The van der Waals surface area contributed by atoms with Gasteiger partial charge in [0.1, 0.15) is 11.5 Å². The molecule has 0 saturated heterocycles. The maximum atomic E-state index is 9.89. The molecule has 6 nitrogen and oxygen atoms in total. The second-order valence-corrected chi connectivity index (χ2v) is 4.67. The summed E-state index contributed by atoms with van der Waals surface area (Å²) in [5, 5.41) is 14.1. The number of aromatic hydroxyl groups is 1. The number of aryl methyl sites for hydroxylation is 2. The Labute approximate surface area is 123 Å². The number of rotatable bonds is 4. The molecular formula is C15H18N4O2. The van der Waals surface area contributed by atoms with Crippen LogP contribution in [0.3, 0.4) is 0 Å². The average Bonchev–Trinajstić information content (AvgIpc) is 2.44. The molecule has 0 aliphatic heterocycles. The molecule has 1 heterocycles. The summed E-state index contributed by atoms with van der Waals surface area (Å²) in [6.07, 6.45) is 0. The molecule has 0 amide bonds. The molecule has 0 aliphatic rings. The first-order valence-corrected chi connectivity index (χ1v) is 6.49. The third kappa shape index (κ3) is 3.68. The first kappa shape index (κ1) is 14.8. The molecule has 2 N–H and O–H groups in total. The van der Waals surface area contributed by atoms with Crippen LogP contribution in [0.5, 0.6) is 11.5 Å². The van der Waals surface area contributed by atoms with Crippen LogP contribution in [0, 0.1) is 13.8 Å². The van der Waals surface area contributed by atoms with E-state index >= 15 is 0 Å². The molecule has 0 atom stereocenters. The Morgan fingerprint density at radius 3 is 2.48 bits per heavy atom. The summed E-state index contributed by atoms with van der Waals surface area (Å²) in [7, 11) is 1.57. The highest BCUT2D eigenvalue weighted by molar-refractivity contribution is 6.01. The number of nitrogens with zero attached hydrogens (tertiary/aromatic N) is 3. The van der Waals surface area contributed by atoms with Crippen LogP contribution in [-0.2, 0) is 0 Å². The summed E-state index contributed by atoms with van der Waals surface area (Å²) >= 11 is 0. The van der Waals surface area contributed by atoms with Crippen LogP contribution in [0.1, 0.15) is 23.9 Å². The van der Waals surface area contributed by atoms with Crippen LogP contribution in [0.2, 0.25) is 0 Å². The van der Waals surface area contributed by atoms with E-state index in [-0.39, 0.29) is 5.75 Å². The zero-order chi connectivity index (χ0) is 15.4. The molecule has 21 heavy (non-hydrogen) atoms. The fraction of sp³-hybridized carbons (Fsp3) is 0.267. The van der Waals surface area contributed by atoms with Gasteiger partial charge in [-0.25, -0.2) is 15.4 Å². The van der Waals surface area contributed by atoms with Crippen molar-refractivity contribution in [3.63, 3.8) is 0 Å². The van der Waals surface area contributed by atoms with Crippen molar-refractivity contribution in [2.24, 2.45) is 5.10 Å². The molecule has 0 bridgehead atoms. The number of methoxy groups -OCH3 is 1. The molecule has 0 radical (unpaired) electrons. The van der Waals surface area contributed by atoms with Crippen molar-refractivity contribution in [1.82, 2.24) is 9.97 Å². The van der Waals surface area contributed by atoms with Gasteiger partial charge in [0.05, 0.1) is 12.8 Å². The van der Waals surface area contributed by atoms with Crippen molar-refractivity contribution in [3.05, 3.63) is 41.2 Å². The molecule has 0 aliphatic carbocycles. The van der Waals surface area contributed by atoms with Crippen LogP contribution in [0.4, 0.5) is 5.95 Å². The number of phenolic OH excluding ortho intramolecular Hbond substituents is 1. The lowest BCUT2D eigenvalue weighted by molar-refractivity contribution is 0.412. The minimum atomic E-state index is 0.139. The van der Waals surface area contributed by atoms with E-state index in [2.05, 4.69) is 20.5 Å². The lowest BCUT2D eigenvalue weighted by Crippen LogP contribution is -2.04. The van der Waals surface area contributed by atoms with Crippen molar-refractivity contribution in [3.8, 4) is 11.5 Å². The lowest BCUT2D eigenvalue weighted by atomic mass is 10.1. The van der Waals surface area contributed by atoms with Gasteiger partial charge in [-0.05, 0) is 45.0 Å². The molecule has 0 saturated carbocycles. The quantitative estimate of drug-likeness (QED) is 0.667. The number of hydrazone groups is 1. The van der Waals surface area contributed by atoms with Crippen molar-refractivity contribution < 1.29 is 9.84 Å². The van der Waals surface area contributed by atoms with Crippen LogP contribution < -0.4 is 10.2 Å². The van der Waals surface area contributed by atoms with Crippen LogP contribution in [0.15, 0.2) is 29.4 Å². The highest BCUT2D eigenvalue weighted by Crippen LogP contribution is 2.23. The first-order chi connectivity index (χ1) is 9.99. The average molecular weight is 286 g/mol. The maximum absolute atomic E-state index is 9.89. The highest BCUT2D eigenvalue weighted by atomic mass is 16.5. The molecule has 0 fully saturated rings. The maximum Gasteiger partial charge on any atom is 0.243 e. The van der Waals surface area contributed by atoms with E-state index in [1.165, 1.54) is 0 Å². The summed E-state index contributed by atoms with van der Waals surface area (Å²) in [5.41, 5.74) is 5.72. The predicted molar refractivity (Wildman–Crippen MR) is 82.0 cm³/mol. The van der Waals surface area contributed by atoms with Gasteiger partial charge in [-0.3, -0.25) is 0 Å². The van der Waals surface area contributed by atoms with Gasteiger partial charge < -0.3 is 9.84 Å². The zero-order valence-corrected chi connectivity index (χ0v) is 12.5. The fourth-order valence-electron chi connectivity index (χ4n) is 1.90. The van der Waals surface area contributed by atoms with Gasteiger partial charge in [-0.2, -0.15) is 5.10 Å². The van der Waals surface area contributed by atoms with Gasteiger partial charge in [0.15, 0.2) is 0 Å². The normalized spacial score (nSPS) is 11.3. The minimum absolute atomic E-state index is 0.139. The zero-order valence-electron chi connectivity index (χ0n) is 12.5. The van der Waals surface area contributed by atoms with E-state index < -0.39 is 0 Å². The fourth-order valence-corrected chi connectivity index (χ4v) is 1.90. The van der Waals surface area contributed by atoms with Crippen molar-refractivity contribution in [2.45, 2.75) is 20.8 Å². The number of anilines is 1. The Bertz CT molecular complexity index is 663. The number of hydrogen-bond acceptors (Lipinski definition) is 6. The smallest absolute Gasteiger partial charge is 0.243 e. The van der Waals surface area contributed by atoms with Crippen LogP contribution in [0.25, 0.3) is 0 Å². The molecule has 110 valence electrons. The van der Waals surface area contributed by atoms with Crippen molar-refractivity contribution in [1.29, 1.82) is 0 Å². The second-order valence-electron chi connectivity index (χ2n) is 4.67. The molecule has 2 aromatic rings. The summed E-state index contributed by atoms with van der Waals surface area (Å²) in [4.78, 5) is 8.48. The summed E-state index contributed by atoms with van der Waals surface area (Å²) in [5.74, 6) is 1.22. The van der Waals surface area contributed by atoms with Gasteiger partial charge in [-0.15, -0.1) is 0 Å². The first-order valence-electron chi connectivity index (χ1n) is 6.49. The molecule has 1 aromatic carbocycles. The standard InChI is InChI=1S/C15H18N4O2/c1-9-7-10(2)17-15(16-9)19-18-11(3)13-8-12(21-4)5-6-14(13)20/h5-8,20H,1-4H3,(H,16,17,19)/b18-11+. The predicted octanol–water partition coefficient (Wildman–Crippen LogP) is 2.64. The molecule has 1 aromatic heterocycles. The van der Waals surface area contributed by atoms with Crippen molar-refractivity contribution >= 4 is 11.7 Å². The number of nitrogens with one attached hydrogen (secondary N) is 1. The highest BCUT2D eigenvalue weighted by Gasteiger charge is 2.07. The number of hydrogen-bond donors (Lipinski definition) is 2. The van der Waals surface area contributed by atoms with E-state index in [1.807, 2.05) is 19.9 Å². The molecule has 0 spiro atoms. The van der Waals surface area contributed by atoms with Gasteiger partial charge in [0.2, 0.25) is 5.95 Å². The van der Waals surface area contributed by atoms with Gasteiger partial charge in [-0.1, -0.05) is 0 Å². The van der Waals surface area contributed by atoms with Crippen molar-refractivity contribution in [2.75, 3.05) is 12.5 Å². The Morgan fingerprint density at radius 2 is 1.86 bits per heavy atom. The monoisotopic (exact) mass is 286 g/mol. The Morgan fingerprint density at radius 1 is 1.19 bits per heavy atom. The van der Waals surface area contributed by atoms with E-state index in [0.29, 0.717) is 23.0 Å². The Hall–Kier alpha value is -2.63. The SMILES string of the molecule is COc1ccc(O)c(/C(C)=N/Nc2nc(C)cc(C)n2)c1. The molecule has 0 unspecified atom stereocenters. The molecule has 6 heteroatoms. The lowest BCUT2D eigenvalue weighted by Gasteiger charge is -2.07. The van der Waals surface area contributed by atoms with Gasteiger partial charge in [0.25, 0.3) is 0 Å². The topological polar surface area (TPSA) is 79.6 Å².